The van der Waals surface area contributed by atoms with Gasteiger partial charge in [0.15, 0.2) is 12.4 Å². The fourth-order valence-electron chi connectivity index (χ4n) is 3.62. The predicted molar refractivity (Wildman–Crippen MR) is 107 cm³/mol. The molecule has 2 heterocycles. The lowest BCUT2D eigenvalue weighted by Crippen LogP contribution is -2.31. The van der Waals surface area contributed by atoms with E-state index >= 15 is 0 Å². The van der Waals surface area contributed by atoms with Crippen molar-refractivity contribution in [2.24, 2.45) is 5.92 Å². The normalized spacial score (nSPS) is 18.2. The molecule has 1 fully saturated rings. The number of esters is 1. The summed E-state index contributed by atoms with van der Waals surface area (Å²) in [5.74, 6) is -0.509. The number of hydrogen-bond acceptors (Lipinski definition) is 5. The Balaban J connectivity index is 1.36. The van der Waals surface area contributed by atoms with Crippen LogP contribution in [0.2, 0.25) is 5.02 Å². The highest BCUT2D eigenvalue weighted by Gasteiger charge is 2.28. The van der Waals surface area contributed by atoms with Crippen LogP contribution >= 0.6 is 11.6 Å². The van der Waals surface area contributed by atoms with E-state index in [0.29, 0.717) is 41.4 Å². The Kier molecular flexibility index (Phi) is 5.53. The van der Waals surface area contributed by atoms with Gasteiger partial charge in [0.1, 0.15) is 12.4 Å². The number of hydrogen-bond donors (Lipinski definition) is 0. The van der Waals surface area contributed by atoms with Gasteiger partial charge in [-0.15, -0.1) is 0 Å². The maximum atomic E-state index is 12.5. The van der Waals surface area contributed by atoms with Crippen LogP contribution in [0.4, 0.5) is 5.69 Å². The molecule has 1 amide bonds. The van der Waals surface area contributed by atoms with Crippen molar-refractivity contribution in [1.82, 2.24) is 0 Å². The number of fused-ring (bicyclic) bond motifs is 1. The van der Waals surface area contributed by atoms with E-state index in [0.717, 1.165) is 12.0 Å². The van der Waals surface area contributed by atoms with Crippen LogP contribution in [-0.2, 0) is 20.7 Å². The smallest absolute Gasteiger partial charge is 0.313 e. The monoisotopic (exact) mass is 413 g/mol. The molecule has 0 radical (unpaired) electrons. The molecular formula is C22H20ClNO5. The van der Waals surface area contributed by atoms with Gasteiger partial charge in [-0.2, -0.15) is 0 Å². The molecule has 0 aliphatic carbocycles. The molecule has 2 aliphatic heterocycles. The minimum absolute atomic E-state index is 0.0544. The van der Waals surface area contributed by atoms with Crippen LogP contribution in [0, 0.1) is 5.92 Å². The van der Waals surface area contributed by atoms with Gasteiger partial charge in [-0.1, -0.05) is 23.7 Å². The van der Waals surface area contributed by atoms with Crippen LogP contribution in [0.15, 0.2) is 42.5 Å². The molecule has 0 saturated carbocycles. The zero-order valence-electron chi connectivity index (χ0n) is 15.7. The molecule has 0 aromatic heterocycles. The minimum Gasteiger partial charge on any atom is -0.492 e. The fourth-order valence-corrected chi connectivity index (χ4v) is 3.82. The molecule has 6 nitrogen and oxygen atoms in total. The molecule has 1 saturated heterocycles. The number of benzene rings is 2. The van der Waals surface area contributed by atoms with Gasteiger partial charge in [-0.05, 0) is 48.7 Å². The van der Waals surface area contributed by atoms with E-state index in [-0.39, 0.29) is 24.9 Å². The SMILES string of the molecule is O=C(COC(=O)[C@H]1COc2ccc(Cl)cc2C1)c1cccc(N2CCCC2=O)c1. The number of Topliss-reactive ketones (excluding diaryl/α,β-unsaturated/α-hetero) is 1. The largest absolute Gasteiger partial charge is 0.492 e. The number of ketones is 1. The molecule has 2 aliphatic rings. The highest BCUT2D eigenvalue weighted by molar-refractivity contribution is 6.30. The second-order valence-corrected chi connectivity index (χ2v) is 7.63. The third kappa shape index (κ3) is 4.27. The third-order valence-electron chi connectivity index (χ3n) is 5.16. The maximum absolute atomic E-state index is 12.5. The molecule has 29 heavy (non-hydrogen) atoms. The summed E-state index contributed by atoms with van der Waals surface area (Å²) < 4.78 is 10.9. The average Bonchev–Trinajstić information content (AvgIpc) is 3.17. The lowest BCUT2D eigenvalue weighted by molar-refractivity contribution is -0.148. The first-order chi connectivity index (χ1) is 14.0. The van der Waals surface area contributed by atoms with Gasteiger partial charge in [-0.25, -0.2) is 0 Å². The molecule has 150 valence electrons. The van der Waals surface area contributed by atoms with Gasteiger partial charge in [0.2, 0.25) is 5.91 Å². The van der Waals surface area contributed by atoms with Crippen LogP contribution in [0.25, 0.3) is 0 Å². The molecule has 0 bridgehead atoms. The Morgan fingerprint density at radius 1 is 1.21 bits per heavy atom. The van der Waals surface area contributed by atoms with E-state index in [1.54, 1.807) is 47.4 Å². The van der Waals surface area contributed by atoms with Crippen molar-refractivity contribution in [3.8, 4) is 5.75 Å². The van der Waals surface area contributed by atoms with Gasteiger partial charge < -0.3 is 14.4 Å². The first kappa shape index (κ1) is 19.5. The van der Waals surface area contributed by atoms with Crippen LogP contribution in [0.5, 0.6) is 5.75 Å². The Morgan fingerprint density at radius 2 is 2.07 bits per heavy atom. The standard InChI is InChI=1S/C22H20ClNO5/c23-17-6-7-20-15(10-17)9-16(12-28-20)22(27)29-13-19(25)14-3-1-4-18(11-14)24-8-2-5-21(24)26/h1,3-4,6-7,10-11,16H,2,5,8-9,12-13H2/t16-/m1/s1. The first-order valence-corrected chi connectivity index (χ1v) is 9.90. The van der Waals surface area contributed by atoms with Crippen molar-refractivity contribution in [1.29, 1.82) is 0 Å². The predicted octanol–water partition coefficient (Wildman–Crippen LogP) is 3.44. The topological polar surface area (TPSA) is 72.9 Å². The second kappa shape index (κ2) is 8.25. The van der Waals surface area contributed by atoms with Crippen molar-refractivity contribution in [3.05, 3.63) is 58.6 Å². The van der Waals surface area contributed by atoms with Crippen LogP contribution < -0.4 is 9.64 Å². The zero-order chi connectivity index (χ0) is 20.4. The number of amides is 1. The summed E-state index contributed by atoms with van der Waals surface area (Å²) in [6.45, 7) is 0.502. The molecule has 2 aromatic carbocycles. The maximum Gasteiger partial charge on any atom is 0.313 e. The second-order valence-electron chi connectivity index (χ2n) is 7.19. The van der Waals surface area contributed by atoms with E-state index in [1.807, 2.05) is 0 Å². The molecule has 0 N–H and O–H groups in total. The number of carbonyl (C=O) groups is 3. The zero-order valence-corrected chi connectivity index (χ0v) is 16.5. The molecule has 2 aromatic rings. The van der Waals surface area contributed by atoms with Gasteiger partial charge in [0.05, 0.1) is 5.92 Å². The van der Waals surface area contributed by atoms with Crippen molar-refractivity contribution in [2.75, 3.05) is 24.7 Å². The summed E-state index contributed by atoms with van der Waals surface area (Å²) >= 11 is 6.00. The summed E-state index contributed by atoms with van der Waals surface area (Å²) in [4.78, 5) is 38.5. The van der Waals surface area contributed by atoms with Gasteiger partial charge in [0.25, 0.3) is 0 Å². The summed E-state index contributed by atoms with van der Waals surface area (Å²) in [6.07, 6.45) is 1.79. The summed E-state index contributed by atoms with van der Waals surface area (Å²) in [7, 11) is 0. The fraction of sp³-hybridized carbons (Fsp3) is 0.318. The van der Waals surface area contributed by atoms with E-state index in [2.05, 4.69) is 0 Å². The third-order valence-corrected chi connectivity index (χ3v) is 5.40. The Morgan fingerprint density at radius 3 is 2.86 bits per heavy atom. The van der Waals surface area contributed by atoms with Crippen molar-refractivity contribution >= 4 is 34.9 Å². The van der Waals surface area contributed by atoms with Crippen LogP contribution in [0.3, 0.4) is 0 Å². The van der Waals surface area contributed by atoms with E-state index in [9.17, 15) is 14.4 Å². The quantitative estimate of drug-likeness (QED) is 0.554. The molecule has 0 spiro atoms. The number of anilines is 1. The number of ether oxygens (including phenoxy) is 2. The molecule has 0 unspecified atom stereocenters. The van der Waals surface area contributed by atoms with E-state index in [1.165, 1.54) is 0 Å². The highest BCUT2D eigenvalue weighted by Crippen LogP contribution is 2.30. The summed E-state index contributed by atoms with van der Waals surface area (Å²) in [5.41, 5.74) is 1.95. The van der Waals surface area contributed by atoms with Crippen LogP contribution in [-0.4, -0.2) is 37.4 Å². The van der Waals surface area contributed by atoms with Crippen molar-refractivity contribution in [3.63, 3.8) is 0 Å². The van der Waals surface area contributed by atoms with Crippen LogP contribution in [0.1, 0.15) is 28.8 Å². The Bertz CT molecular complexity index is 973. The summed E-state index contributed by atoms with van der Waals surface area (Å²) in [6, 6.07) is 12.1. The average molecular weight is 414 g/mol. The molecule has 7 heteroatoms. The van der Waals surface area contributed by atoms with E-state index in [4.69, 9.17) is 21.1 Å². The lowest BCUT2D eigenvalue weighted by Gasteiger charge is -2.24. The number of carbonyl (C=O) groups excluding carboxylic acids is 3. The number of rotatable bonds is 5. The first-order valence-electron chi connectivity index (χ1n) is 9.53. The summed E-state index contributed by atoms with van der Waals surface area (Å²) in [5, 5.41) is 0.577. The highest BCUT2D eigenvalue weighted by atomic mass is 35.5. The number of nitrogens with zero attached hydrogens (tertiary/aromatic N) is 1. The van der Waals surface area contributed by atoms with E-state index < -0.39 is 11.9 Å². The minimum atomic E-state index is -0.484. The molecular weight excluding hydrogens is 394 g/mol. The molecule has 1 atom stereocenters. The molecule has 4 rings (SSSR count). The van der Waals surface area contributed by atoms with Gasteiger partial charge in [0, 0.05) is 29.2 Å². The van der Waals surface area contributed by atoms with Gasteiger partial charge in [-0.3, -0.25) is 14.4 Å². The van der Waals surface area contributed by atoms with Crippen molar-refractivity contribution < 1.29 is 23.9 Å². The Labute approximate surface area is 173 Å². The Hall–Kier alpha value is -2.86. The van der Waals surface area contributed by atoms with Crippen molar-refractivity contribution in [2.45, 2.75) is 19.3 Å². The van der Waals surface area contributed by atoms with Gasteiger partial charge >= 0.3 is 5.97 Å². The number of halogens is 1. The lowest BCUT2D eigenvalue weighted by atomic mass is 9.97.